The second kappa shape index (κ2) is 10.3. The van der Waals surface area contributed by atoms with Gasteiger partial charge in [-0.15, -0.1) is 0 Å². The van der Waals surface area contributed by atoms with Gasteiger partial charge in [-0.1, -0.05) is 78.4 Å². The average molecular weight is 483 g/mol. The van der Waals surface area contributed by atoms with E-state index in [0.29, 0.717) is 26.1 Å². The second-order valence-electron chi connectivity index (χ2n) is 9.37. The molecule has 0 spiro atoms. The van der Waals surface area contributed by atoms with Gasteiger partial charge >= 0.3 is 0 Å². The highest BCUT2D eigenvalue weighted by Crippen LogP contribution is 2.35. The third kappa shape index (κ3) is 5.30. The van der Waals surface area contributed by atoms with Crippen LogP contribution in [0.2, 0.25) is 0 Å². The molecule has 3 nitrogen and oxygen atoms in total. The largest absolute Gasteiger partial charge is 0.489 e. The summed E-state index contributed by atoms with van der Waals surface area (Å²) in [6.45, 7) is 5.16. The average Bonchev–Trinajstić information content (AvgIpc) is 2.86. The van der Waals surface area contributed by atoms with Crippen LogP contribution in [0.5, 0.6) is 5.75 Å². The summed E-state index contributed by atoms with van der Waals surface area (Å²) in [5.74, 6) is 0.828. The van der Waals surface area contributed by atoms with E-state index in [-0.39, 0.29) is 12.2 Å². The molecule has 4 heteroatoms. The van der Waals surface area contributed by atoms with Gasteiger partial charge in [0.05, 0.1) is 12.2 Å². The molecule has 178 valence electrons. The standard InChI is InChI=1S/C31H30O3S/c1-20-5-3-8-25(15-20)31-28(21(2)35)11-9-23-17-27(10-12-29(23)31)34-19-22-6-4-7-24(16-22)30-18-26(32)13-14-33-30/h3-12,15-17,26,30,32H,13-14,18-19H2,1-2H3. The Hall–Kier alpha value is -3.05. The monoisotopic (exact) mass is 482 g/mol. The molecule has 0 amide bonds. The van der Waals surface area contributed by atoms with Crippen LogP contribution >= 0.6 is 12.2 Å². The van der Waals surface area contributed by atoms with Crippen LogP contribution < -0.4 is 4.74 Å². The van der Waals surface area contributed by atoms with E-state index >= 15 is 0 Å². The number of fused-ring (bicyclic) bond motifs is 1. The number of hydrogen-bond donors (Lipinski definition) is 1. The Labute approximate surface area is 212 Å². The Morgan fingerprint density at radius 3 is 2.69 bits per heavy atom. The predicted octanol–water partition coefficient (Wildman–Crippen LogP) is 7.34. The van der Waals surface area contributed by atoms with Crippen molar-refractivity contribution in [3.63, 3.8) is 0 Å². The minimum Gasteiger partial charge on any atom is -0.489 e. The molecule has 1 aliphatic rings. The number of aryl methyl sites for hydroxylation is 1. The number of aliphatic hydroxyl groups is 1. The molecule has 2 unspecified atom stereocenters. The van der Waals surface area contributed by atoms with Gasteiger partial charge in [0.2, 0.25) is 0 Å². The predicted molar refractivity (Wildman–Crippen MR) is 146 cm³/mol. The van der Waals surface area contributed by atoms with Gasteiger partial charge in [-0.05, 0) is 77.1 Å². The van der Waals surface area contributed by atoms with Crippen LogP contribution in [0.4, 0.5) is 0 Å². The first-order valence-corrected chi connectivity index (χ1v) is 12.5. The van der Waals surface area contributed by atoms with Crippen molar-refractivity contribution in [3.8, 4) is 16.9 Å². The summed E-state index contributed by atoms with van der Waals surface area (Å²) in [5, 5.41) is 12.3. The molecule has 4 aromatic carbocycles. The molecule has 5 rings (SSSR count). The van der Waals surface area contributed by atoms with Gasteiger partial charge in [-0.25, -0.2) is 0 Å². The highest BCUT2D eigenvalue weighted by molar-refractivity contribution is 7.80. The first kappa shape index (κ1) is 23.7. The fraction of sp³-hybridized carbons (Fsp3) is 0.258. The number of benzene rings is 4. The van der Waals surface area contributed by atoms with E-state index in [0.717, 1.165) is 32.7 Å². The van der Waals surface area contributed by atoms with Crippen LogP contribution in [0.3, 0.4) is 0 Å². The number of rotatable bonds is 6. The molecular formula is C31H30O3S. The van der Waals surface area contributed by atoms with Crippen molar-refractivity contribution in [3.05, 3.63) is 101 Å². The number of ether oxygens (including phenoxy) is 2. The topological polar surface area (TPSA) is 38.7 Å². The summed E-state index contributed by atoms with van der Waals surface area (Å²) in [6.07, 6.45) is 0.997. The molecule has 1 aliphatic heterocycles. The Bertz CT molecular complexity index is 1380. The highest BCUT2D eigenvalue weighted by Gasteiger charge is 2.22. The van der Waals surface area contributed by atoms with Crippen molar-refractivity contribution in [2.45, 2.75) is 45.5 Å². The molecule has 35 heavy (non-hydrogen) atoms. The maximum absolute atomic E-state index is 9.99. The van der Waals surface area contributed by atoms with Gasteiger partial charge in [0.15, 0.2) is 0 Å². The summed E-state index contributed by atoms with van der Waals surface area (Å²) >= 11 is 5.58. The first-order valence-electron chi connectivity index (χ1n) is 12.1. The lowest BCUT2D eigenvalue weighted by Crippen LogP contribution is -2.23. The lowest BCUT2D eigenvalue weighted by atomic mass is 9.91. The van der Waals surface area contributed by atoms with Crippen molar-refractivity contribution < 1.29 is 14.6 Å². The summed E-state index contributed by atoms with van der Waals surface area (Å²) < 4.78 is 12.1. The normalized spacial score (nSPS) is 17.9. The molecule has 2 atom stereocenters. The Morgan fingerprint density at radius 2 is 1.89 bits per heavy atom. The van der Waals surface area contributed by atoms with Gasteiger partial charge in [0.1, 0.15) is 12.4 Å². The molecule has 1 N–H and O–H groups in total. The van der Waals surface area contributed by atoms with E-state index in [1.54, 1.807) is 0 Å². The Morgan fingerprint density at radius 1 is 1.03 bits per heavy atom. The summed E-state index contributed by atoms with van der Waals surface area (Å²) in [7, 11) is 0. The fourth-order valence-corrected chi connectivity index (χ4v) is 5.03. The van der Waals surface area contributed by atoms with E-state index in [9.17, 15) is 5.11 Å². The Kier molecular flexibility index (Phi) is 6.96. The van der Waals surface area contributed by atoms with Crippen molar-refractivity contribution >= 4 is 27.9 Å². The maximum atomic E-state index is 9.99. The summed E-state index contributed by atoms with van der Waals surface area (Å²) in [6, 6.07) is 27.4. The van der Waals surface area contributed by atoms with Gasteiger partial charge in [-0.2, -0.15) is 0 Å². The zero-order chi connectivity index (χ0) is 24.4. The van der Waals surface area contributed by atoms with Crippen molar-refractivity contribution in [1.82, 2.24) is 0 Å². The molecule has 0 saturated carbocycles. The van der Waals surface area contributed by atoms with E-state index < -0.39 is 0 Å². The van der Waals surface area contributed by atoms with Crippen LogP contribution in [0.1, 0.15) is 48.1 Å². The zero-order valence-electron chi connectivity index (χ0n) is 20.2. The lowest BCUT2D eigenvalue weighted by molar-refractivity contribution is -0.0448. The van der Waals surface area contributed by atoms with Crippen LogP contribution in [0, 0.1) is 6.92 Å². The fourth-order valence-electron chi connectivity index (χ4n) is 4.86. The molecule has 0 radical (unpaired) electrons. The van der Waals surface area contributed by atoms with E-state index in [1.165, 1.54) is 22.1 Å². The van der Waals surface area contributed by atoms with Crippen LogP contribution in [-0.4, -0.2) is 22.7 Å². The molecule has 0 aliphatic carbocycles. The van der Waals surface area contributed by atoms with Crippen molar-refractivity contribution in [1.29, 1.82) is 0 Å². The minimum absolute atomic E-state index is 0.0572. The second-order valence-corrected chi connectivity index (χ2v) is 9.98. The van der Waals surface area contributed by atoms with Gasteiger partial charge < -0.3 is 14.6 Å². The summed E-state index contributed by atoms with van der Waals surface area (Å²) in [4.78, 5) is 0.887. The smallest absolute Gasteiger partial charge is 0.120 e. The number of aliphatic hydroxyl groups excluding tert-OH is 1. The lowest BCUT2D eigenvalue weighted by Gasteiger charge is -2.27. The van der Waals surface area contributed by atoms with Crippen molar-refractivity contribution in [2.75, 3.05) is 6.61 Å². The molecule has 1 fully saturated rings. The van der Waals surface area contributed by atoms with Crippen LogP contribution in [0.15, 0.2) is 78.9 Å². The van der Waals surface area contributed by atoms with E-state index in [4.69, 9.17) is 21.7 Å². The molecule has 0 bridgehead atoms. The minimum atomic E-state index is -0.293. The van der Waals surface area contributed by atoms with Gasteiger partial charge in [0, 0.05) is 17.9 Å². The molecule has 1 saturated heterocycles. The van der Waals surface area contributed by atoms with Crippen LogP contribution in [-0.2, 0) is 11.3 Å². The molecule has 0 aromatic heterocycles. The van der Waals surface area contributed by atoms with Crippen LogP contribution in [0.25, 0.3) is 21.9 Å². The van der Waals surface area contributed by atoms with E-state index in [1.807, 2.05) is 19.1 Å². The third-order valence-corrected chi connectivity index (χ3v) is 6.88. The first-order chi connectivity index (χ1) is 17.0. The quantitative estimate of drug-likeness (QED) is 0.230. The van der Waals surface area contributed by atoms with E-state index in [2.05, 4.69) is 73.7 Å². The van der Waals surface area contributed by atoms with Gasteiger partial charge in [0.25, 0.3) is 0 Å². The third-order valence-electron chi connectivity index (χ3n) is 6.66. The van der Waals surface area contributed by atoms with Gasteiger partial charge in [-0.3, -0.25) is 0 Å². The number of thiocarbonyl (C=S) groups is 1. The zero-order valence-corrected chi connectivity index (χ0v) is 21.0. The highest BCUT2D eigenvalue weighted by atomic mass is 32.1. The van der Waals surface area contributed by atoms with Crippen molar-refractivity contribution in [2.24, 2.45) is 0 Å². The molecule has 1 heterocycles. The Balaban J connectivity index is 1.40. The number of hydrogen-bond acceptors (Lipinski definition) is 4. The summed E-state index contributed by atoms with van der Waals surface area (Å²) in [5.41, 5.74) is 6.84. The maximum Gasteiger partial charge on any atom is 0.120 e. The molecule has 4 aromatic rings. The molecular weight excluding hydrogens is 452 g/mol. The SMILES string of the molecule is CC(=S)c1ccc2cc(OCc3cccc(C4CC(O)CCO4)c3)ccc2c1-c1cccc(C)c1.